The van der Waals surface area contributed by atoms with Gasteiger partial charge in [0.05, 0.1) is 23.3 Å². The van der Waals surface area contributed by atoms with Gasteiger partial charge in [0.15, 0.2) is 0 Å². The Morgan fingerprint density at radius 2 is 1.91 bits per heavy atom. The van der Waals surface area contributed by atoms with Gasteiger partial charge in [-0.2, -0.15) is 0 Å². The van der Waals surface area contributed by atoms with Crippen molar-refractivity contribution < 1.29 is 18.0 Å². The zero-order chi connectivity index (χ0) is 25.6. The third-order valence-electron chi connectivity index (χ3n) is 5.52. The van der Waals surface area contributed by atoms with Crippen LogP contribution >= 0.6 is 22.6 Å². The smallest absolute Gasteiger partial charge is 0.276 e. The van der Waals surface area contributed by atoms with E-state index in [-0.39, 0.29) is 17.0 Å². The molecule has 186 valence electrons. The highest BCUT2D eigenvalue weighted by Crippen LogP contribution is 2.33. The molecule has 0 saturated carbocycles. The molecule has 0 saturated heterocycles. The van der Waals surface area contributed by atoms with Crippen molar-refractivity contribution in [2.75, 3.05) is 12.4 Å². The van der Waals surface area contributed by atoms with Crippen LogP contribution in [0.5, 0.6) is 0 Å². The van der Waals surface area contributed by atoms with Crippen LogP contribution < -0.4 is 15.5 Å². The van der Waals surface area contributed by atoms with Crippen molar-refractivity contribution in [1.82, 2.24) is 15.2 Å². The standard InChI is InChI=1S/C25H29IN4O4S/c1-5-7-20-23(35(32,33)28-15-18-8-6-13-27-17(18)3)12-10-21(25(31)30-34-4)24(20)29-22-11-9-19(26)14-16(22)2/h6,8-14,28-29H,5,7,15H2,1-4H3,(H,30,31). The summed E-state index contributed by atoms with van der Waals surface area (Å²) in [4.78, 5) is 22.0. The molecule has 1 heterocycles. The maximum Gasteiger partial charge on any atom is 0.276 e. The Hall–Kier alpha value is -2.54. The van der Waals surface area contributed by atoms with E-state index in [1.165, 1.54) is 19.2 Å². The third kappa shape index (κ3) is 6.57. The molecule has 8 nitrogen and oxygen atoms in total. The molecule has 1 aromatic heterocycles. The summed E-state index contributed by atoms with van der Waals surface area (Å²) in [6.45, 7) is 5.86. The van der Waals surface area contributed by atoms with E-state index >= 15 is 0 Å². The van der Waals surface area contributed by atoms with Gasteiger partial charge >= 0.3 is 0 Å². The summed E-state index contributed by atoms with van der Waals surface area (Å²) in [5.41, 5.74) is 6.89. The number of hydrogen-bond donors (Lipinski definition) is 3. The lowest BCUT2D eigenvalue weighted by Crippen LogP contribution is -2.27. The van der Waals surface area contributed by atoms with Gasteiger partial charge in [0, 0.05) is 27.7 Å². The molecule has 10 heteroatoms. The number of benzene rings is 2. The molecule has 0 fully saturated rings. The molecule has 0 aliphatic carbocycles. The maximum absolute atomic E-state index is 13.5. The number of aromatic nitrogens is 1. The Morgan fingerprint density at radius 1 is 1.14 bits per heavy atom. The second-order valence-electron chi connectivity index (χ2n) is 8.01. The van der Waals surface area contributed by atoms with Crippen molar-refractivity contribution in [2.24, 2.45) is 0 Å². The van der Waals surface area contributed by atoms with Gasteiger partial charge in [-0.05, 0) is 95.9 Å². The van der Waals surface area contributed by atoms with Crippen LogP contribution in [-0.4, -0.2) is 26.4 Å². The van der Waals surface area contributed by atoms with Crippen molar-refractivity contribution in [3.8, 4) is 0 Å². The van der Waals surface area contributed by atoms with E-state index in [2.05, 4.69) is 43.1 Å². The number of sulfonamides is 1. The quantitative estimate of drug-likeness (QED) is 0.226. The van der Waals surface area contributed by atoms with E-state index in [0.29, 0.717) is 24.1 Å². The minimum absolute atomic E-state index is 0.110. The SMILES string of the molecule is CCCc1c(S(=O)(=O)NCc2cccnc2C)ccc(C(=O)NOC)c1Nc1ccc(I)cc1C. The molecule has 2 aromatic carbocycles. The number of aryl methyl sites for hydroxylation is 2. The first kappa shape index (κ1) is 27.1. The molecular weight excluding hydrogens is 579 g/mol. The normalized spacial score (nSPS) is 11.3. The Bertz CT molecular complexity index is 1330. The maximum atomic E-state index is 13.5. The minimum atomic E-state index is -3.90. The molecule has 35 heavy (non-hydrogen) atoms. The highest BCUT2D eigenvalue weighted by atomic mass is 127. The second kappa shape index (κ2) is 11.9. The number of carbonyl (C=O) groups excluding carboxylic acids is 1. The van der Waals surface area contributed by atoms with E-state index in [1.54, 1.807) is 12.3 Å². The van der Waals surface area contributed by atoms with Crippen LogP contribution in [-0.2, 0) is 27.8 Å². The largest absolute Gasteiger partial charge is 0.354 e. The number of amides is 1. The van der Waals surface area contributed by atoms with Gasteiger partial charge in [0.1, 0.15) is 0 Å². The summed E-state index contributed by atoms with van der Waals surface area (Å²) >= 11 is 2.23. The average Bonchev–Trinajstić information content (AvgIpc) is 2.81. The van der Waals surface area contributed by atoms with Crippen molar-refractivity contribution in [3.05, 3.63) is 80.2 Å². The van der Waals surface area contributed by atoms with Crippen LogP contribution in [0.3, 0.4) is 0 Å². The highest BCUT2D eigenvalue weighted by molar-refractivity contribution is 14.1. The Morgan fingerprint density at radius 3 is 2.57 bits per heavy atom. The van der Waals surface area contributed by atoms with Gasteiger partial charge in [0.25, 0.3) is 5.91 Å². The van der Waals surface area contributed by atoms with E-state index in [1.807, 2.05) is 45.0 Å². The lowest BCUT2D eigenvalue weighted by atomic mass is 10.0. The molecule has 0 bridgehead atoms. The monoisotopic (exact) mass is 608 g/mol. The van der Waals surface area contributed by atoms with Crippen LogP contribution in [0, 0.1) is 17.4 Å². The summed E-state index contributed by atoms with van der Waals surface area (Å²) in [6, 6.07) is 12.5. The topological polar surface area (TPSA) is 109 Å². The first-order valence-electron chi connectivity index (χ1n) is 11.1. The molecule has 3 aromatic rings. The van der Waals surface area contributed by atoms with E-state index < -0.39 is 15.9 Å². The fourth-order valence-corrected chi connectivity index (χ4v) is 5.64. The van der Waals surface area contributed by atoms with Crippen LogP contribution in [0.25, 0.3) is 0 Å². The summed E-state index contributed by atoms with van der Waals surface area (Å²) in [5.74, 6) is -0.474. The second-order valence-corrected chi connectivity index (χ2v) is 11.0. The van der Waals surface area contributed by atoms with Gasteiger partial charge in [0.2, 0.25) is 10.0 Å². The number of hydroxylamine groups is 1. The molecule has 0 aliphatic rings. The van der Waals surface area contributed by atoms with Crippen LogP contribution in [0.15, 0.2) is 53.6 Å². The first-order valence-corrected chi connectivity index (χ1v) is 13.7. The van der Waals surface area contributed by atoms with Crippen molar-refractivity contribution in [3.63, 3.8) is 0 Å². The number of nitrogens with zero attached hydrogens (tertiary/aromatic N) is 1. The van der Waals surface area contributed by atoms with Gasteiger partial charge < -0.3 is 5.32 Å². The predicted octanol–water partition coefficient (Wildman–Crippen LogP) is 4.77. The van der Waals surface area contributed by atoms with E-state index in [0.717, 1.165) is 26.1 Å². The van der Waals surface area contributed by atoms with Crippen LogP contribution in [0.4, 0.5) is 11.4 Å². The zero-order valence-corrected chi connectivity index (χ0v) is 23.1. The Labute approximate surface area is 220 Å². The molecule has 0 atom stereocenters. The predicted molar refractivity (Wildman–Crippen MR) is 145 cm³/mol. The fourth-order valence-electron chi connectivity index (χ4n) is 3.72. The summed E-state index contributed by atoms with van der Waals surface area (Å²) in [7, 11) is -2.54. The lowest BCUT2D eigenvalue weighted by molar-refractivity contribution is 0.0538. The summed E-state index contributed by atoms with van der Waals surface area (Å²) in [6.07, 6.45) is 2.79. The number of hydrogen-bond acceptors (Lipinski definition) is 6. The van der Waals surface area contributed by atoms with Gasteiger partial charge in [-0.25, -0.2) is 18.6 Å². The molecule has 3 N–H and O–H groups in total. The van der Waals surface area contributed by atoms with Crippen molar-refractivity contribution in [2.45, 2.75) is 45.1 Å². The molecule has 0 unspecified atom stereocenters. The molecule has 0 radical (unpaired) electrons. The molecule has 0 aliphatic heterocycles. The van der Waals surface area contributed by atoms with Gasteiger partial charge in [-0.15, -0.1) is 0 Å². The lowest BCUT2D eigenvalue weighted by Gasteiger charge is -2.21. The van der Waals surface area contributed by atoms with Crippen LogP contribution in [0.1, 0.15) is 46.1 Å². The number of rotatable bonds is 10. The van der Waals surface area contributed by atoms with E-state index in [9.17, 15) is 13.2 Å². The van der Waals surface area contributed by atoms with E-state index in [4.69, 9.17) is 4.84 Å². The number of halogens is 1. The Kier molecular flexibility index (Phi) is 9.22. The first-order chi connectivity index (χ1) is 16.7. The summed E-state index contributed by atoms with van der Waals surface area (Å²) in [5, 5.41) is 3.33. The Balaban J connectivity index is 2.11. The van der Waals surface area contributed by atoms with Crippen molar-refractivity contribution >= 4 is 49.9 Å². The van der Waals surface area contributed by atoms with Gasteiger partial charge in [-0.1, -0.05) is 19.4 Å². The number of carbonyl (C=O) groups is 1. The minimum Gasteiger partial charge on any atom is -0.354 e. The van der Waals surface area contributed by atoms with Crippen molar-refractivity contribution in [1.29, 1.82) is 0 Å². The number of nitrogens with one attached hydrogen (secondary N) is 3. The zero-order valence-electron chi connectivity index (χ0n) is 20.1. The highest BCUT2D eigenvalue weighted by Gasteiger charge is 2.25. The summed E-state index contributed by atoms with van der Waals surface area (Å²) < 4.78 is 30.7. The number of pyridine rings is 1. The molecule has 0 spiro atoms. The molecule has 3 rings (SSSR count). The molecular formula is C25H29IN4O4S. The fraction of sp³-hybridized carbons (Fsp3) is 0.280. The van der Waals surface area contributed by atoms with Gasteiger partial charge in [-0.3, -0.25) is 14.6 Å². The molecule has 1 amide bonds. The average molecular weight is 609 g/mol. The third-order valence-corrected chi connectivity index (χ3v) is 7.67. The number of anilines is 2. The van der Waals surface area contributed by atoms with Crippen LogP contribution in [0.2, 0.25) is 0 Å².